The summed E-state index contributed by atoms with van der Waals surface area (Å²) in [5.74, 6) is 1.06. The largest absolute Gasteiger partial charge is 0.437 e. The zero-order valence-corrected chi connectivity index (χ0v) is 16.0. The highest BCUT2D eigenvalue weighted by Crippen LogP contribution is 2.31. The van der Waals surface area contributed by atoms with Crippen molar-refractivity contribution >= 4 is 5.91 Å². The van der Waals surface area contributed by atoms with Crippen molar-refractivity contribution in [2.24, 2.45) is 5.92 Å². The van der Waals surface area contributed by atoms with Gasteiger partial charge in [-0.05, 0) is 42.5 Å². The normalized spacial score (nSPS) is 15.7. The lowest BCUT2D eigenvalue weighted by atomic mass is 9.87. The van der Waals surface area contributed by atoms with Gasteiger partial charge in [-0.3, -0.25) is 9.78 Å². The number of aliphatic hydroxyl groups excluding tert-OH is 1. The molecule has 0 aliphatic carbocycles. The first kappa shape index (κ1) is 19.1. The van der Waals surface area contributed by atoms with Gasteiger partial charge in [0.05, 0.1) is 12.3 Å². The lowest BCUT2D eigenvalue weighted by Gasteiger charge is -2.34. The standard InChI is InChI=1S/C23H23N3O3/c27-22(17-5-2-1-3-6-17)18-9-13-26(14-10-18)23(28)19-7-4-8-20(15-19)29-21-16-24-11-12-25-21/h1-8,11-12,15-16,18,22,27H,9-10,13-14H2/t22-/m0/s1. The van der Waals surface area contributed by atoms with E-state index in [0.29, 0.717) is 30.3 Å². The van der Waals surface area contributed by atoms with Crippen LogP contribution in [0.25, 0.3) is 0 Å². The molecule has 2 heterocycles. The van der Waals surface area contributed by atoms with E-state index in [-0.39, 0.29) is 11.8 Å². The average molecular weight is 389 g/mol. The Morgan fingerprint density at radius 2 is 1.86 bits per heavy atom. The van der Waals surface area contributed by atoms with Crippen molar-refractivity contribution in [3.05, 3.63) is 84.3 Å². The molecule has 0 bridgehead atoms. The van der Waals surface area contributed by atoms with Crippen molar-refractivity contribution in [3.63, 3.8) is 0 Å². The zero-order chi connectivity index (χ0) is 20.1. The van der Waals surface area contributed by atoms with Crippen molar-refractivity contribution in [2.75, 3.05) is 13.1 Å². The van der Waals surface area contributed by atoms with Gasteiger partial charge in [0.25, 0.3) is 5.91 Å². The van der Waals surface area contributed by atoms with Crippen LogP contribution in [0.5, 0.6) is 11.6 Å². The first-order chi connectivity index (χ1) is 14.2. The van der Waals surface area contributed by atoms with Crippen LogP contribution in [0.3, 0.4) is 0 Å². The van der Waals surface area contributed by atoms with E-state index in [1.165, 1.54) is 6.20 Å². The lowest BCUT2D eigenvalue weighted by Crippen LogP contribution is -2.39. The summed E-state index contributed by atoms with van der Waals surface area (Å²) in [5.41, 5.74) is 1.51. The number of hydrogen-bond acceptors (Lipinski definition) is 5. The van der Waals surface area contributed by atoms with E-state index in [2.05, 4.69) is 9.97 Å². The molecule has 29 heavy (non-hydrogen) atoms. The molecular weight excluding hydrogens is 366 g/mol. The number of piperidine rings is 1. The molecule has 3 aromatic rings. The van der Waals surface area contributed by atoms with Crippen molar-refractivity contribution in [1.29, 1.82) is 0 Å². The van der Waals surface area contributed by atoms with Gasteiger partial charge >= 0.3 is 0 Å². The van der Waals surface area contributed by atoms with Crippen LogP contribution in [-0.2, 0) is 0 Å². The maximum absolute atomic E-state index is 12.9. The van der Waals surface area contributed by atoms with Gasteiger partial charge in [-0.15, -0.1) is 0 Å². The number of amides is 1. The Balaban J connectivity index is 1.38. The summed E-state index contributed by atoms with van der Waals surface area (Å²) >= 11 is 0. The van der Waals surface area contributed by atoms with Crippen LogP contribution in [0.2, 0.25) is 0 Å². The summed E-state index contributed by atoms with van der Waals surface area (Å²) in [7, 11) is 0. The van der Waals surface area contributed by atoms with Crippen LogP contribution in [0, 0.1) is 5.92 Å². The first-order valence-corrected chi connectivity index (χ1v) is 9.77. The molecule has 1 atom stereocenters. The third-order valence-corrected chi connectivity index (χ3v) is 5.26. The lowest BCUT2D eigenvalue weighted by molar-refractivity contribution is 0.0462. The Labute approximate surface area is 169 Å². The minimum atomic E-state index is -0.489. The van der Waals surface area contributed by atoms with E-state index in [9.17, 15) is 9.90 Å². The van der Waals surface area contributed by atoms with Gasteiger partial charge in [0.1, 0.15) is 5.75 Å². The smallest absolute Gasteiger partial charge is 0.253 e. The van der Waals surface area contributed by atoms with Crippen molar-refractivity contribution in [3.8, 4) is 11.6 Å². The Bertz CT molecular complexity index is 942. The Morgan fingerprint density at radius 3 is 2.59 bits per heavy atom. The van der Waals surface area contributed by atoms with Crippen LogP contribution >= 0.6 is 0 Å². The average Bonchev–Trinajstić information content (AvgIpc) is 2.80. The Hall–Kier alpha value is -3.25. The van der Waals surface area contributed by atoms with Crippen molar-refractivity contribution in [2.45, 2.75) is 18.9 Å². The van der Waals surface area contributed by atoms with Crippen LogP contribution < -0.4 is 4.74 Å². The molecule has 4 rings (SSSR count). The van der Waals surface area contributed by atoms with E-state index in [1.807, 2.05) is 35.2 Å². The van der Waals surface area contributed by atoms with Crippen molar-refractivity contribution in [1.82, 2.24) is 14.9 Å². The van der Waals surface area contributed by atoms with Gasteiger partial charge < -0.3 is 14.7 Å². The molecule has 6 nitrogen and oxygen atoms in total. The quantitative estimate of drug-likeness (QED) is 0.717. The molecule has 1 N–H and O–H groups in total. The van der Waals surface area contributed by atoms with Gasteiger partial charge in [-0.25, -0.2) is 4.98 Å². The van der Waals surface area contributed by atoms with Crippen LogP contribution in [-0.4, -0.2) is 39.0 Å². The van der Waals surface area contributed by atoms with E-state index in [0.717, 1.165) is 18.4 Å². The Morgan fingerprint density at radius 1 is 1.07 bits per heavy atom. The van der Waals surface area contributed by atoms with Crippen molar-refractivity contribution < 1.29 is 14.6 Å². The van der Waals surface area contributed by atoms with Gasteiger partial charge in [0, 0.05) is 31.0 Å². The number of ether oxygens (including phenoxy) is 1. The predicted molar refractivity (Wildman–Crippen MR) is 109 cm³/mol. The first-order valence-electron chi connectivity index (χ1n) is 9.77. The van der Waals surface area contributed by atoms with Gasteiger partial charge in [0.15, 0.2) is 0 Å². The number of nitrogens with zero attached hydrogens (tertiary/aromatic N) is 3. The minimum Gasteiger partial charge on any atom is -0.437 e. The van der Waals surface area contributed by atoms with Crippen LogP contribution in [0.1, 0.15) is 34.9 Å². The predicted octanol–water partition coefficient (Wildman–Crippen LogP) is 3.85. The third kappa shape index (κ3) is 4.60. The van der Waals surface area contributed by atoms with Gasteiger partial charge in [-0.1, -0.05) is 36.4 Å². The zero-order valence-electron chi connectivity index (χ0n) is 16.0. The fourth-order valence-electron chi connectivity index (χ4n) is 3.67. The molecule has 1 aliphatic heterocycles. The number of hydrogen-bond donors (Lipinski definition) is 1. The topological polar surface area (TPSA) is 75.5 Å². The summed E-state index contributed by atoms with van der Waals surface area (Å²) in [5, 5.41) is 10.6. The summed E-state index contributed by atoms with van der Waals surface area (Å²) in [6.07, 6.45) is 5.72. The molecule has 1 amide bonds. The third-order valence-electron chi connectivity index (χ3n) is 5.26. The number of carbonyl (C=O) groups excluding carboxylic acids is 1. The monoisotopic (exact) mass is 389 g/mol. The second kappa shape index (κ2) is 8.84. The van der Waals surface area contributed by atoms with E-state index >= 15 is 0 Å². The molecule has 0 radical (unpaired) electrons. The molecule has 0 spiro atoms. The number of rotatable bonds is 5. The summed E-state index contributed by atoms with van der Waals surface area (Å²) < 4.78 is 5.68. The highest BCUT2D eigenvalue weighted by molar-refractivity contribution is 5.94. The fourth-order valence-corrected chi connectivity index (χ4v) is 3.67. The maximum Gasteiger partial charge on any atom is 0.253 e. The summed E-state index contributed by atoms with van der Waals surface area (Å²) in [4.78, 5) is 22.8. The molecule has 0 saturated carbocycles. The maximum atomic E-state index is 12.9. The van der Waals surface area contributed by atoms with Crippen LogP contribution in [0.4, 0.5) is 0 Å². The highest BCUT2D eigenvalue weighted by atomic mass is 16.5. The molecule has 6 heteroatoms. The van der Waals surface area contributed by atoms with Crippen LogP contribution in [0.15, 0.2) is 73.2 Å². The number of likely N-dealkylation sites (tertiary alicyclic amines) is 1. The molecule has 0 unspecified atom stereocenters. The second-order valence-electron chi connectivity index (χ2n) is 7.16. The van der Waals surface area contributed by atoms with Gasteiger partial charge in [0.2, 0.25) is 5.88 Å². The number of carbonyl (C=O) groups is 1. The highest BCUT2D eigenvalue weighted by Gasteiger charge is 2.28. The van der Waals surface area contributed by atoms with E-state index in [1.54, 1.807) is 36.7 Å². The molecule has 1 aromatic heterocycles. The molecule has 2 aromatic carbocycles. The van der Waals surface area contributed by atoms with E-state index in [4.69, 9.17) is 4.74 Å². The second-order valence-corrected chi connectivity index (χ2v) is 7.16. The molecule has 1 saturated heterocycles. The summed E-state index contributed by atoms with van der Waals surface area (Å²) in [6, 6.07) is 16.8. The molecule has 148 valence electrons. The SMILES string of the molecule is O=C(c1cccc(Oc2cnccn2)c1)N1CCC([C@@H](O)c2ccccc2)CC1. The number of aliphatic hydroxyl groups is 1. The van der Waals surface area contributed by atoms with E-state index < -0.39 is 6.10 Å². The van der Waals surface area contributed by atoms with Gasteiger partial charge in [-0.2, -0.15) is 0 Å². The summed E-state index contributed by atoms with van der Waals surface area (Å²) in [6.45, 7) is 1.26. The fraction of sp³-hybridized carbons (Fsp3) is 0.261. The molecule has 1 fully saturated rings. The minimum absolute atomic E-state index is 0.0257. The number of aromatic nitrogens is 2. The molecule has 1 aliphatic rings. The number of benzene rings is 2. The Kier molecular flexibility index (Phi) is 5.81. The molecular formula is C23H23N3O3.